The van der Waals surface area contributed by atoms with E-state index in [-0.39, 0.29) is 17.1 Å². The van der Waals surface area contributed by atoms with E-state index in [2.05, 4.69) is 20.4 Å². The Balaban J connectivity index is 1.97. The molecule has 7 heteroatoms. The van der Waals surface area contributed by atoms with Crippen molar-refractivity contribution in [3.05, 3.63) is 57.9 Å². The van der Waals surface area contributed by atoms with Crippen LogP contribution in [0.2, 0.25) is 0 Å². The fourth-order valence-electron chi connectivity index (χ4n) is 1.66. The molecule has 0 aliphatic rings. The van der Waals surface area contributed by atoms with E-state index in [9.17, 15) is 9.18 Å². The number of hydrogen-bond donors (Lipinski definition) is 2. The Kier molecular flexibility index (Phi) is 3.26. The highest BCUT2D eigenvalue weighted by Gasteiger charge is 2.12. The molecule has 0 atom stereocenters. The molecule has 0 aliphatic carbocycles. The summed E-state index contributed by atoms with van der Waals surface area (Å²) in [5.41, 5.74) is 0.927. The van der Waals surface area contributed by atoms with Crippen LogP contribution in [0, 0.1) is 5.82 Å². The highest BCUT2D eigenvalue weighted by molar-refractivity contribution is 7.13. The van der Waals surface area contributed by atoms with E-state index >= 15 is 0 Å². The normalized spacial score (nSPS) is 11.2. The largest absolute Gasteiger partial charge is 0.294 e. The lowest BCUT2D eigenvalue weighted by atomic mass is 10.3. The van der Waals surface area contributed by atoms with Crippen LogP contribution in [-0.2, 0) is 0 Å². The third kappa shape index (κ3) is 2.43. The summed E-state index contributed by atoms with van der Waals surface area (Å²) in [7, 11) is 0. The van der Waals surface area contributed by atoms with Gasteiger partial charge in [-0.25, -0.2) is 4.39 Å². The minimum Gasteiger partial charge on any atom is -0.294 e. The van der Waals surface area contributed by atoms with Gasteiger partial charge in [-0.05, 0) is 35.7 Å². The molecule has 3 aromatic rings. The van der Waals surface area contributed by atoms with E-state index in [4.69, 9.17) is 0 Å². The smallest absolute Gasteiger partial charge is 0.292 e. The van der Waals surface area contributed by atoms with Gasteiger partial charge in [0.25, 0.3) is 5.56 Å². The first-order valence-electron chi connectivity index (χ1n) is 5.76. The summed E-state index contributed by atoms with van der Waals surface area (Å²) < 4.78 is 12.8. The molecule has 2 heterocycles. The van der Waals surface area contributed by atoms with E-state index in [0.717, 1.165) is 4.88 Å². The van der Waals surface area contributed by atoms with Gasteiger partial charge < -0.3 is 0 Å². The Morgan fingerprint density at radius 2 is 1.85 bits per heavy atom. The number of rotatable bonds is 3. The number of hydrogen-bond acceptors (Lipinski definition) is 4. The van der Waals surface area contributed by atoms with Crippen LogP contribution in [0.3, 0.4) is 0 Å². The molecular formula is C13H9FN4OS. The number of azo groups is 1. The Hall–Kier alpha value is -2.54. The highest BCUT2D eigenvalue weighted by atomic mass is 32.1. The summed E-state index contributed by atoms with van der Waals surface area (Å²) in [5, 5.41) is 15.1. The summed E-state index contributed by atoms with van der Waals surface area (Å²) in [6.45, 7) is 0. The van der Waals surface area contributed by atoms with Crippen LogP contribution < -0.4 is 5.56 Å². The molecule has 0 saturated heterocycles. The summed E-state index contributed by atoms with van der Waals surface area (Å²) >= 11 is 1.49. The molecule has 0 saturated carbocycles. The average molecular weight is 288 g/mol. The Morgan fingerprint density at radius 1 is 1.05 bits per heavy atom. The Morgan fingerprint density at radius 3 is 2.55 bits per heavy atom. The van der Waals surface area contributed by atoms with Crippen molar-refractivity contribution in [1.29, 1.82) is 0 Å². The number of benzene rings is 1. The van der Waals surface area contributed by atoms with Gasteiger partial charge in [0.05, 0.1) is 10.6 Å². The first-order valence-corrected chi connectivity index (χ1v) is 6.64. The predicted molar refractivity (Wildman–Crippen MR) is 75.3 cm³/mol. The first kappa shape index (κ1) is 12.5. The summed E-state index contributed by atoms with van der Waals surface area (Å²) in [6.07, 6.45) is 0. The lowest BCUT2D eigenvalue weighted by molar-refractivity contribution is 0.628. The van der Waals surface area contributed by atoms with Crippen molar-refractivity contribution in [2.24, 2.45) is 10.2 Å². The highest BCUT2D eigenvalue weighted by Crippen LogP contribution is 2.29. The number of aromatic nitrogens is 2. The zero-order valence-corrected chi connectivity index (χ0v) is 10.9. The maximum absolute atomic E-state index is 12.8. The number of aromatic amines is 2. The molecule has 0 bridgehead atoms. The zero-order chi connectivity index (χ0) is 13.9. The number of thiophene rings is 1. The van der Waals surface area contributed by atoms with Crippen LogP contribution in [0.1, 0.15) is 0 Å². The van der Waals surface area contributed by atoms with E-state index in [0.29, 0.717) is 11.4 Å². The van der Waals surface area contributed by atoms with Gasteiger partial charge in [0.1, 0.15) is 11.5 Å². The number of nitrogens with zero attached hydrogens (tertiary/aromatic N) is 2. The summed E-state index contributed by atoms with van der Waals surface area (Å²) in [5.74, 6) is -0.345. The van der Waals surface area contributed by atoms with Gasteiger partial charge in [0.2, 0.25) is 0 Å². The second-order valence-electron chi connectivity index (χ2n) is 3.96. The summed E-state index contributed by atoms with van der Waals surface area (Å²) in [4.78, 5) is 12.6. The van der Waals surface area contributed by atoms with E-state index in [1.165, 1.54) is 35.6 Å². The quantitative estimate of drug-likeness (QED) is 0.703. The third-order valence-corrected chi connectivity index (χ3v) is 3.50. The fourth-order valence-corrected chi connectivity index (χ4v) is 2.39. The molecule has 0 amide bonds. The van der Waals surface area contributed by atoms with Crippen LogP contribution in [0.5, 0.6) is 0 Å². The molecule has 0 aliphatic heterocycles. The van der Waals surface area contributed by atoms with E-state index in [1.54, 1.807) is 0 Å². The minimum atomic E-state index is -0.348. The molecule has 5 nitrogen and oxygen atoms in total. The molecule has 1 aromatic carbocycles. The molecular weight excluding hydrogens is 279 g/mol. The average Bonchev–Trinajstić information content (AvgIpc) is 3.08. The fraction of sp³-hybridized carbons (Fsp3) is 0. The summed E-state index contributed by atoms with van der Waals surface area (Å²) in [6, 6.07) is 9.31. The molecule has 0 spiro atoms. The van der Waals surface area contributed by atoms with Gasteiger partial charge in [-0.1, -0.05) is 6.07 Å². The van der Waals surface area contributed by atoms with Crippen LogP contribution in [0.4, 0.5) is 15.8 Å². The van der Waals surface area contributed by atoms with E-state index in [1.807, 2.05) is 17.5 Å². The predicted octanol–water partition coefficient (Wildman–Crippen LogP) is 3.99. The molecule has 0 unspecified atom stereocenters. The lowest BCUT2D eigenvalue weighted by Gasteiger charge is -1.94. The van der Waals surface area contributed by atoms with Gasteiger partial charge in [-0.15, -0.1) is 16.5 Å². The van der Waals surface area contributed by atoms with Gasteiger partial charge in [0.15, 0.2) is 5.69 Å². The molecule has 0 fully saturated rings. The number of halogens is 1. The van der Waals surface area contributed by atoms with E-state index < -0.39 is 0 Å². The number of H-pyrrole nitrogens is 2. The SMILES string of the molecule is O=c1[nH][nH]c(-c2cccs2)c1N=Nc1ccc(F)cc1. The van der Waals surface area contributed by atoms with Crippen LogP contribution >= 0.6 is 11.3 Å². The van der Waals surface area contributed by atoms with Crippen LogP contribution in [-0.4, -0.2) is 10.2 Å². The molecule has 0 radical (unpaired) electrons. The van der Waals surface area contributed by atoms with Gasteiger partial charge in [-0.3, -0.25) is 15.0 Å². The lowest BCUT2D eigenvalue weighted by Crippen LogP contribution is -1.96. The van der Waals surface area contributed by atoms with Crippen LogP contribution in [0.15, 0.2) is 56.8 Å². The maximum atomic E-state index is 12.8. The van der Waals surface area contributed by atoms with Crippen molar-refractivity contribution in [2.75, 3.05) is 0 Å². The van der Waals surface area contributed by atoms with Crippen molar-refractivity contribution in [1.82, 2.24) is 10.2 Å². The molecule has 3 rings (SSSR count). The minimum absolute atomic E-state index is 0.205. The van der Waals surface area contributed by atoms with Gasteiger partial charge >= 0.3 is 0 Å². The molecule has 100 valence electrons. The van der Waals surface area contributed by atoms with Crippen molar-refractivity contribution >= 4 is 22.7 Å². The second-order valence-corrected chi connectivity index (χ2v) is 4.90. The first-order chi connectivity index (χ1) is 9.74. The third-order valence-electron chi connectivity index (χ3n) is 2.61. The Labute approximate surface area is 116 Å². The maximum Gasteiger partial charge on any atom is 0.292 e. The van der Waals surface area contributed by atoms with Crippen molar-refractivity contribution in [2.45, 2.75) is 0 Å². The van der Waals surface area contributed by atoms with Crippen molar-refractivity contribution < 1.29 is 4.39 Å². The van der Waals surface area contributed by atoms with Gasteiger partial charge in [-0.2, -0.15) is 5.11 Å². The van der Waals surface area contributed by atoms with Crippen LogP contribution in [0.25, 0.3) is 10.6 Å². The number of nitrogens with one attached hydrogen (secondary N) is 2. The standard InChI is InChI=1S/C13H9FN4OS/c14-8-3-5-9(6-4-8)15-17-12-11(16-18-13(12)19)10-2-1-7-20-10/h1-7H,(H2,16,18,19). The molecule has 2 aromatic heterocycles. The second kappa shape index (κ2) is 5.22. The monoisotopic (exact) mass is 288 g/mol. The van der Waals surface area contributed by atoms with Crippen molar-refractivity contribution in [3.63, 3.8) is 0 Å². The van der Waals surface area contributed by atoms with Gasteiger partial charge in [0, 0.05) is 0 Å². The molecule has 2 N–H and O–H groups in total. The zero-order valence-electron chi connectivity index (χ0n) is 10.1. The Bertz CT molecular complexity index is 787. The molecule has 20 heavy (non-hydrogen) atoms. The van der Waals surface area contributed by atoms with Crippen molar-refractivity contribution in [3.8, 4) is 10.6 Å². The topological polar surface area (TPSA) is 73.4 Å².